The largest absolute Gasteiger partial charge is 0.0955 e. The normalized spacial score (nSPS) is 15.3. The number of aryl methyl sites for hydroxylation is 2. The van der Waals surface area contributed by atoms with Gasteiger partial charge in [0.25, 0.3) is 0 Å². The first-order valence-electron chi connectivity index (χ1n) is 11.3. The fourth-order valence-corrected chi connectivity index (χ4v) is 4.78. The van der Waals surface area contributed by atoms with Crippen molar-refractivity contribution in [2.75, 3.05) is 0 Å². The van der Waals surface area contributed by atoms with Gasteiger partial charge >= 0.3 is 0 Å². The minimum Gasteiger partial charge on any atom is -0.0955 e. The summed E-state index contributed by atoms with van der Waals surface area (Å²) < 4.78 is 0. The van der Waals surface area contributed by atoms with Crippen molar-refractivity contribution in [2.24, 2.45) is 0 Å². The van der Waals surface area contributed by atoms with E-state index in [1.165, 1.54) is 55.6 Å². The molecule has 5 rings (SSSR count). The van der Waals surface area contributed by atoms with E-state index >= 15 is 0 Å². The molecule has 0 fully saturated rings. The van der Waals surface area contributed by atoms with Crippen molar-refractivity contribution >= 4 is 0 Å². The minimum absolute atomic E-state index is 0.264. The molecule has 0 amide bonds. The number of hydrogen-bond donors (Lipinski definition) is 0. The van der Waals surface area contributed by atoms with Crippen LogP contribution < -0.4 is 0 Å². The summed E-state index contributed by atoms with van der Waals surface area (Å²) in [6.07, 6.45) is 5.41. The van der Waals surface area contributed by atoms with E-state index in [1.807, 2.05) is 0 Å². The summed E-state index contributed by atoms with van der Waals surface area (Å²) in [6, 6.07) is 33.3. The van der Waals surface area contributed by atoms with Gasteiger partial charge in [0, 0.05) is 5.92 Å². The van der Waals surface area contributed by atoms with Crippen molar-refractivity contribution in [2.45, 2.75) is 26.2 Å². The minimum atomic E-state index is 0.264. The van der Waals surface area contributed by atoms with Gasteiger partial charge in [0.2, 0.25) is 0 Å². The van der Waals surface area contributed by atoms with Crippen molar-refractivity contribution < 1.29 is 0 Å². The van der Waals surface area contributed by atoms with Crippen molar-refractivity contribution in [3.63, 3.8) is 0 Å². The van der Waals surface area contributed by atoms with Crippen LogP contribution >= 0.6 is 0 Å². The van der Waals surface area contributed by atoms with Crippen molar-refractivity contribution in [1.29, 1.82) is 0 Å². The molecule has 0 radical (unpaired) electrons. The lowest BCUT2D eigenvalue weighted by Gasteiger charge is -2.17. The first-order chi connectivity index (χ1) is 15.6. The second kappa shape index (κ2) is 8.48. The van der Waals surface area contributed by atoms with Gasteiger partial charge < -0.3 is 0 Å². The maximum absolute atomic E-state index is 4.21. The summed E-state index contributed by atoms with van der Waals surface area (Å²) in [5.41, 5.74) is 13.0. The first-order valence-corrected chi connectivity index (χ1v) is 11.3. The SMILES string of the molecule is C=C1C=CC(c2ccc(-c3ccc(C)c(-c4ccccc4C)c3)cc2)c2ccccc2C1. The number of hydrogen-bond acceptors (Lipinski definition) is 0. The zero-order valence-corrected chi connectivity index (χ0v) is 18.8. The molecule has 0 saturated carbocycles. The van der Waals surface area contributed by atoms with Gasteiger partial charge in [0.1, 0.15) is 0 Å². The Hall–Kier alpha value is -3.64. The first kappa shape index (κ1) is 20.3. The molecule has 0 bridgehead atoms. The summed E-state index contributed by atoms with van der Waals surface area (Å²) in [5, 5.41) is 0. The molecule has 1 unspecified atom stereocenters. The van der Waals surface area contributed by atoms with Crippen LogP contribution in [0.5, 0.6) is 0 Å². The van der Waals surface area contributed by atoms with E-state index in [9.17, 15) is 0 Å². The predicted molar refractivity (Wildman–Crippen MR) is 137 cm³/mol. The molecule has 1 aliphatic rings. The van der Waals surface area contributed by atoms with Crippen molar-refractivity contribution in [3.05, 3.63) is 143 Å². The smallest absolute Gasteiger partial charge is 0.0275 e. The third kappa shape index (κ3) is 3.85. The van der Waals surface area contributed by atoms with Gasteiger partial charge in [0.05, 0.1) is 0 Å². The monoisotopic (exact) mass is 412 g/mol. The standard InChI is InChI=1S/C32H28/c1-22-12-19-31(30-11-7-5-9-28(30)20-22)26-17-15-25(16-18-26)27-14-13-24(3)32(21-27)29-10-6-4-8-23(29)2/h4-19,21,31H,1,20H2,2-3H3. The van der Waals surface area contributed by atoms with E-state index in [4.69, 9.17) is 0 Å². The van der Waals surface area contributed by atoms with Crippen LogP contribution in [0.25, 0.3) is 22.3 Å². The van der Waals surface area contributed by atoms with Gasteiger partial charge in [0.15, 0.2) is 0 Å². The van der Waals surface area contributed by atoms with Gasteiger partial charge in [-0.05, 0) is 76.4 Å². The predicted octanol–water partition coefficient (Wildman–Crippen LogP) is 8.44. The number of allylic oxidation sites excluding steroid dienone is 3. The number of fused-ring (bicyclic) bond motifs is 1. The molecule has 0 nitrogen and oxygen atoms in total. The maximum atomic E-state index is 4.21. The molecule has 1 atom stereocenters. The van der Waals surface area contributed by atoms with Crippen molar-refractivity contribution in [3.8, 4) is 22.3 Å². The Labute approximate surface area is 191 Å². The maximum Gasteiger partial charge on any atom is 0.0275 e. The van der Waals surface area contributed by atoms with E-state index in [0.29, 0.717) is 0 Å². The lowest BCUT2D eigenvalue weighted by Crippen LogP contribution is -2.00. The van der Waals surface area contributed by atoms with Gasteiger partial charge in [-0.2, -0.15) is 0 Å². The Kier molecular flexibility index (Phi) is 5.37. The Morgan fingerprint density at radius 2 is 1.38 bits per heavy atom. The van der Waals surface area contributed by atoms with E-state index < -0.39 is 0 Å². The van der Waals surface area contributed by atoms with Gasteiger partial charge in [-0.25, -0.2) is 0 Å². The number of rotatable bonds is 3. The quantitative estimate of drug-likeness (QED) is 0.317. The van der Waals surface area contributed by atoms with E-state index in [0.717, 1.165) is 6.42 Å². The molecule has 1 aliphatic carbocycles. The third-order valence-corrected chi connectivity index (χ3v) is 6.61. The molecular weight excluding hydrogens is 384 g/mol. The summed E-state index contributed by atoms with van der Waals surface area (Å²) in [6.45, 7) is 8.59. The molecule has 0 N–H and O–H groups in total. The molecule has 32 heavy (non-hydrogen) atoms. The summed E-state index contributed by atoms with van der Waals surface area (Å²) in [5.74, 6) is 0.264. The highest BCUT2D eigenvalue weighted by Gasteiger charge is 2.18. The molecule has 0 saturated heterocycles. The molecule has 0 heteroatoms. The zero-order valence-electron chi connectivity index (χ0n) is 18.8. The second-order valence-electron chi connectivity index (χ2n) is 8.84. The Bertz CT molecular complexity index is 1320. The second-order valence-corrected chi connectivity index (χ2v) is 8.84. The molecule has 0 heterocycles. The summed E-state index contributed by atoms with van der Waals surface area (Å²) in [4.78, 5) is 0. The highest BCUT2D eigenvalue weighted by atomic mass is 14.2. The lowest BCUT2D eigenvalue weighted by molar-refractivity contribution is 1.01. The summed E-state index contributed by atoms with van der Waals surface area (Å²) >= 11 is 0. The van der Waals surface area contributed by atoms with Crippen LogP contribution in [0.15, 0.2) is 115 Å². The van der Waals surface area contributed by atoms with Gasteiger partial charge in [-0.15, -0.1) is 0 Å². The highest BCUT2D eigenvalue weighted by Crippen LogP contribution is 2.35. The molecule has 4 aromatic carbocycles. The fourth-order valence-electron chi connectivity index (χ4n) is 4.78. The lowest BCUT2D eigenvalue weighted by atomic mass is 9.87. The number of benzene rings is 4. The van der Waals surface area contributed by atoms with Crippen LogP contribution in [0.4, 0.5) is 0 Å². The van der Waals surface area contributed by atoms with Crippen LogP contribution in [0.3, 0.4) is 0 Å². The average Bonchev–Trinajstić information content (AvgIpc) is 2.98. The Balaban J connectivity index is 1.51. The Morgan fingerprint density at radius 1 is 0.688 bits per heavy atom. The molecular formula is C32H28. The fraction of sp³-hybridized carbons (Fsp3) is 0.125. The van der Waals surface area contributed by atoms with Crippen LogP contribution in [0.2, 0.25) is 0 Å². The van der Waals surface area contributed by atoms with Crippen molar-refractivity contribution in [1.82, 2.24) is 0 Å². The van der Waals surface area contributed by atoms with Crippen LogP contribution in [0.1, 0.15) is 33.7 Å². The molecule has 156 valence electrons. The molecule has 0 aromatic heterocycles. The van der Waals surface area contributed by atoms with Gasteiger partial charge in [-0.3, -0.25) is 0 Å². The van der Waals surface area contributed by atoms with E-state index in [2.05, 4.69) is 124 Å². The van der Waals surface area contributed by atoms with E-state index in [-0.39, 0.29) is 5.92 Å². The van der Waals surface area contributed by atoms with Gasteiger partial charge in [-0.1, -0.05) is 109 Å². The van der Waals surface area contributed by atoms with E-state index in [1.54, 1.807) is 0 Å². The summed E-state index contributed by atoms with van der Waals surface area (Å²) in [7, 11) is 0. The van der Waals surface area contributed by atoms with Crippen LogP contribution in [0, 0.1) is 13.8 Å². The average molecular weight is 413 g/mol. The zero-order chi connectivity index (χ0) is 22.1. The van der Waals surface area contributed by atoms with Crippen LogP contribution in [-0.2, 0) is 6.42 Å². The van der Waals surface area contributed by atoms with Crippen LogP contribution in [-0.4, -0.2) is 0 Å². The highest BCUT2D eigenvalue weighted by molar-refractivity contribution is 5.77. The Morgan fingerprint density at radius 3 is 2.19 bits per heavy atom. The molecule has 0 aliphatic heterocycles. The topological polar surface area (TPSA) is 0 Å². The molecule has 0 spiro atoms. The molecule has 4 aromatic rings. The third-order valence-electron chi connectivity index (χ3n) is 6.61.